The standard InChI is InChI=1S/C25H38FN3O3/c1-5-21(17-24-11-10-18(3)28(24)25(31)32-6-2)27-14-12-22(13-15-27)29(19(4)30)23-9-7-8-20(26)16-23/h7-9,16,18,21-22,24H,5-6,10-15,17H2,1-4H3. The summed E-state index contributed by atoms with van der Waals surface area (Å²) in [6.07, 6.45) is 5.53. The monoisotopic (exact) mass is 447 g/mol. The highest BCUT2D eigenvalue weighted by molar-refractivity contribution is 5.92. The van der Waals surface area contributed by atoms with E-state index in [1.165, 1.54) is 12.1 Å². The van der Waals surface area contributed by atoms with Gasteiger partial charge >= 0.3 is 6.09 Å². The lowest BCUT2D eigenvalue weighted by molar-refractivity contribution is -0.117. The Labute approximate surface area is 191 Å². The van der Waals surface area contributed by atoms with Crippen molar-refractivity contribution >= 4 is 17.7 Å². The molecule has 7 heteroatoms. The molecule has 0 saturated carbocycles. The van der Waals surface area contributed by atoms with Crippen molar-refractivity contribution in [3.05, 3.63) is 30.1 Å². The van der Waals surface area contributed by atoms with E-state index in [0.717, 1.165) is 51.6 Å². The van der Waals surface area contributed by atoms with Crippen LogP contribution in [0.15, 0.2) is 24.3 Å². The van der Waals surface area contributed by atoms with Gasteiger partial charge < -0.3 is 19.4 Å². The summed E-state index contributed by atoms with van der Waals surface area (Å²) in [5, 5.41) is 0. The van der Waals surface area contributed by atoms with Crippen molar-refractivity contribution in [2.75, 3.05) is 24.6 Å². The summed E-state index contributed by atoms with van der Waals surface area (Å²) in [5.74, 6) is -0.375. The predicted octanol–water partition coefficient (Wildman–Crippen LogP) is 4.82. The third-order valence-corrected chi connectivity index (χ3v) is 7.09. The van der Waals surface area contributed by atoms with Gasteiger partial charge in [0.25, 0.3) is 0 Å². The Kier molecular flexibility index (Phi) is 8.51. The lowest BCUT2D eigenvalue weighted by atomic mass is 9.96. The van der Waals surface area contributed by atoms with Gasteiger partial charge in [0.05, 0.1) is 6.61 Å². The molecule has 1 aromatic carbocycles. The van der Waals surface area contributed by atoms with Crippen LogP contribution in [0, 0.1) is 5.82 Å². The molecule has 2 aliphatic heterocycles. The van der Waals surface area contributed by atoms with Gasteiger partial charge in [-0.2, -0.15) is 0 Å². The van der Waals surface area contributed by atoms with E-state index >= 15 is 0 Å². The van der Waals surface area contributed by atoms with Crippen LogP contribution >= 0.6 is 0 Å². The minimum Gasteiger partial charge on any atom is -0.450 e. The summed E-state index contributed by atoms with van der Waals surface area (Å²) in [4.78, 5) is 31.1. The third kappa shape index (κ3) is 5.61. The van der Waals surface area contributed by atoms with Crippen molar-refractivity contribution in [2.24, 2.45) is 0 Å². The van der Waals surface area contributed by atoms with Crippen LogP contribution in [0.4, 0.5) is 14.9 Å². The number of piperidine rings is 1. The van der Waals surface area contributed by atoms with E-state index in [1.54, 1.807) is 24.0 Å². The molecule has 0 spiro atoms. The molecule has 3 rings (SSSR count). The summed E-state index contributed by atoms with van der Waals surface area (Å²) in [5.41, 5.74) is 0.632. The van der Waals surface area contributed by atoms with Gasteiger partial charge in [-0.05, 0) is 70.6 Å². The van der Waals surface area contributed by atoms with Gasteiger partial charge in [0, 0.05) is 49.9 Å². The first kappa shape index (κ1) is 24.5. The molecule has 2 heterocycles. The molecule has 178 valence electrons. The van der Waals surface area contributed by atoms with Crippen molar-refractivity contribution in [2.45, 2.75) is 90.4 Å². The number of carbonyl (C=O) groups is 2. The zero-order chi connectivity index (χ0) is 23.3. The Morgan fingerprint density at radius 3 is 2.50 bits per heavy atom. The number of nitrogens with zero attached hydrogens (tertiary/aromatic N) is 3. The second-order valence-electron chi connectivity index (χ2n) is 9.12. The largest absolute Gasteiger partial charge is 0.450 e. The van der Waals surface area contributed by atoms with Crippen molar-refractivity contribution in [3.63, 3.8) is 0 Å². The molecule has 0 N–H and O–H groups in total. The Morgan fingerprint density at radius 1 is 1.19 bits per heavy atom. The molecular formula is C25H38FN3O3. The molecule has 32 heavy (non-hydrogen) atoms. The molecule has 3 unspecified atom stereocenters. The number of hydrogen-bond acceptors (Lipinski definition) is 4. The quantitative estimate of drug-likeness (QED) is 0.601. The zero-order valence-corrected chi connectivity index (χ0v) is 19.9. The van der Waals surface area contributed by atoms with Gasteiger partial charge in [-0.15, -0.1) is 0 Å². The summed E-state index contributed by atoms with van der Waals surface area (Å²) in [6.45, 7) is 9.90. The topological polar surface area (TPSA) is 53.1 Å². The molecule has 2 fully saturated rings. The van der Waals surface area contributed by atoms with E-state index in [0.29, 0.717) is 18.3 Å². The molecule has 3 atom stereocenters. The summed E-state index contributed by atoms with van der Waals surface area (Å²) < 4.78 is 19.1. The van der Waals surface area contributed by atoms with Crippen molar-refractivity contribution in [3.8, 4) is 0 Å². The van der Waals surface area contributed by atoms with Crippen molar-refractivity contribution < 1.29 is 18.7 Å². The molecule has 2 aliphatic rings. The van der Waals surface area contributed by atoms with Gasteiger partial charge in [-0.1, -0.05) is 13.0 Å². The summed E-state index contributed by atoms with van der Waals surface area (Å²) >= 11 is 0. The van der Waals surface area contributed by atoms with Crippen molar-refractivity contribution in [1.29, 1.82) is 0 Å². The van der Waals surface area contributed by atoms with Gasteiger partial charge in [0.15, 0.2) is 0 Å². The van der Waals surface area contributed by atoms with Crippen LogP contribution in [-0.2, 0) is 9.53 Å². The van der Waals surface area contributed by atoms with Gasteiger partial charge in [0.1, 0.15) is 5.82 Å². The Bertz CT molecular complexity index is 781. The SMILES string of the molecule is CCOC(=O)N1C(C)CCC1CC(CC)N1CCC(N(C(C)=O)c2cccc(F)c2)CC1. The molecule has 0 aliphatic carbocycles. The Morgan fingerprint density at radius 2 is 1.91 bits per heavy atom. The number of benzene rings is 1. The highest BCUT2D eigenvalue weighted by Gasteiger charge is 2.38. The fraction of sp³-hybridized carbons (Fsp3) is 0.680. The third-order valence-electron chi connectivity index (χ3n) is 7.09. The first-order chi connectivity index (χ1) is 15.3. The Hall–Kier alpha value is -2.15. The fourth-order valence-electron chi connectivity index (χ4n) is 5.50. The van der Waals surface area contributed by atoms with Crippen LogP contribution in [0.1, 0.15) is 66.2 Å². The van der Waals surface area contributed by atoms with Gasteiger partial charge in [-0.25, -0.2) is 9.18 Å². The summed E-state index contributed by atoms with van der Waals surface area (Å²) in [6, 6.07) is 7.20. The second kappa shape index (κ2) is 11.1. The first-order valence-corrected chi connectivity index (χ1v) is 12.1. The average Bonchev–Trinajstić information content (AvgIpc) is 3.13. The minimum atomic E-state index is -0.325. The molecular weight excluding hydrogens is 409 g/mol. The number of likely N-dealkylation sites (tertiary alicyclic amines) is 2. The molecule has 0 bridgehead atoms. The summed E-state index contributed by atoms with van der Waals surface area (Å²) in [7, 11) is 0. The molecule has 6 nitrogen and oxygen atoms in total. The normalized spacial score (nSPS) is 23.2. The zero-order valence-electron chi connectivity index (χ0n) is 19.9. The lowest BCUT2D eigenvalue weighted by Gasteiger charge is -2.42. The van der Waals surface area contributed by atoms with Crippen LogP contribution in [-0.4, -0.2) is 65.7 Å². The van der Waals surface area contributed by atoms with Crippen LogP contribution in [0.25, 0.3) is 0 Å². The maximum Gasteiger partial charge on any atom is 0.410 e. The maximum atomic E-state index is 13.7. The van der Waals surface area contributed by atoms with Crippen LogP contribution in [0.3, 0.4) is 0 Å². The number of carbonyl (C=O) groups excluding carboxylic acids is 2. The number of rotatable bonds is 7. The molecule has 2 amide bonds. The van der Waals surface area contributed by atoms with E-state index in [-0.39, 0.29) is 35.9 Å². The van der Waals surface area contributed by atoms with E-state index < -0.39 is 0 Å². The number of ether oxygens (including phenoxy) is 1. The highest BCUT2D eigenvalue weighted by Crippen LogP contribution is 2.31. The second-order valence-corrected chi connectivity index (χ2v) is 9.12. The number of hydrogen-bond donors (Lipinski definition) is 0. The highest BCUT2D eigenvalue weighted by atomic mass is 19.1. The van der Waals surface area contributed by atoms with Crippen LogP contribution in [0.5, 0.6) is 0 Å². The van der Waals surface area contributed by atoms with Crippen LogP contribution < -0.4 is 4.90 Å². The molecule has 2 saturated heterocycles. The average molecular weight is 448 g/mol. The van der Waals surface area contributed by atoms with E-state index in [1.807, 2.05) is 11.8 Å². The maximum absolute atomic E-state index is 13.7. The molecule has 0 radical (unpaired) electrons. The number of anilines is 1. The molecule has 1 aromatic rings. The smallest absolute Gasteiger partial charge is 0.410 e. The van der Waals surface area contributed by atoms with Crippen molar-refractivity contribution in [1.82, 2.24) is 9.80 Å². The Balaban J connectivity index is 1.62. The number of halogens is 1. The minimum absolute atomic E-state index is 0.0499. The predicted molar refractivity (Wildman–Crippen MR) is 124 cm³/mol. The van der Waals surface area contributed by atoms with Crippen LogP contribution in [0.2, 0.25) is 0 Å². The first-order valence-electron chi connectivity index (χ1n) is 12.1. The molecule has 0 aromatic heterocycles. The number of amides is 2. The van der Waals surface area contributed by atoms with E-state index in [9.17, 15) is 14.0 Å². The fourth-order valence-corrected chi connectivity index (χ4v) is 5.50. The lowest BCUT2D eigenvalue weighted by Crippen LogP contribution is -2.51. The van der Waals surface area contributed by atoms with E-state index in [4.69, 9.17) is 4.74 Å². The van der Waals surface area contributed by atoms with Gasteiger partial charge in [0.2, 0.25) is 5.91 Å². The van der Waals surface area contributed by atoms with E-state index in [2.05, 4.69) is 18.7 Å². The van der Waals surface area contributed by atoms with Gasteiger partial charge in [-0.3, -0.25) is 4.79 Å².